The van der Waals surface area contributed by atoms with E-state index in [0.717, 1.165) is 24.8 Å². The number of anilines is 1. The molecule has 7 nitrogen and oxygen atoms in total. The molecule has 0 aromatic heterocycles. The molecular weight excluding hydrogens is 310 g/mol. The standard InChI is InChI=1S/C17H27N3O4/c18-7-5-13-10-22-17(23-11-13)4-2-12-1-3-15(14(20)9-12)24-16(21)6-8-19/h1,3,9,13,17H,2,4-8,10-11,18-20H2. The van der Waals surface area contributed by atoms with Gasteiger partial charge in [-0.25, -0.2) is 0 Å². The van der Waals surface area contributed by atoms with Crippen LogP contribution in [0.1, 0.15) is 24.8 Å². The number of rotatable bonds is 8. The summed E-state index contributed by atoms with van der Waals surface area (Å²) in [5, 5.41) is 0. The van der Waals surface area contributed by atoms with Gasteiger partial charge in [0.2, 0.25) is 0 Å². The SMILES string of the molecule is NCCC(=O)Oc1ccc(CCC2OCC(CCN)CO2)cc1N. The molecule has 134 valence electrons. The molecule has 1 aromatic carbocycles. The number of hydrogen-bond acceptors (Lipinski definition) is 7. The Hall–Kier alpha value is -1.67. The zero-order chi connectivity index (χ0) is 17.4. The van der Waals surface area contributed by atoms with Gasteiger partial charge in [-0.15, -0.1) is 0 Å². The fourth-order valence-corrected chi connectivity index (χ4v) is 2.57. The van der Waals surface area contributed by atoms with Crippen LogP contribution in [-0.2, 0) is 20.7 Å². The van der Waals surface area contributed by atoms with E-state index in [1.54, 1.807) is 6.07 Å². The highest BCUT2D eigenvalue weighted by Crippen LogP contribution is 2.25. The summed E-state index contributed by atoms with van der Waals surface area (Å²) in [6.07, 6.45) is 2.42. The summed E-state index contributed by atoms with van der Waals surface area (Å²) in [4.78, 5) is 11.5. The highest BCUT2D eigenvalue weighted by atomic mass is 16.7. The van der Waals surface area contributed by atoms with Crippen molar-refractivity contribution in [3.05, 3.63) is 23.8 Å². The average molecular weight is 337 g/mol. The average Bonchev–Trinajstić information content (AvgIpc) is 2.57. The number of esters is 1. The van der Waals surface area contributed by atoms with Gasteiger partial charge in [0.25, 0.3) is 0 Å². The summed E-state index contributed by atoms with van der Waals surface area (Å²) < 4.78 is 16.6. The van der Waals surface area contributed by atoms with Gasteiger partial charge in [0.05, 0.1) is 25.3 Å². The Balaban J connectivity index is 1.79. The van der Waals surface area contributed by atoms with Crippen LogP contribution in [0.3, 0.4) is 0 Å². The number of carbonyl (C=O) groups excluding carboxylic acids is 1. The van der Waals surface area contributed by atoms with Crippen LogP contribution in [-0.4, -0.2) is 38.6 Å². The number of carbonyl (C=O) groups is 1. The van der Waals surface area contributed by atoms with Crippen LogP contribution >= 0.6 is 0 Å². The maximum absolute atomic E-state index is 11.5. The number of aryl methyl sites for hydroxylation is 1. The number of nitrogens with two attached hydrogens (primary N) is 3. The van der Waals surface area contributed by atoms with E-state index >= 15 is 0 Å². The Bertz CT molecular complexity index is 531. The van der Waals surface area contributed by atoms with Gasteiger partial charge in [0.1, 0.15) is 0 Å². The molecule has 0 unspecified atom stereocenters. The van der Waals surface area contributed by atoms with Crippen molar-refractivity contribution in [3.8, 4) is 5.75 Å². The Labute approximate surface area is 142 Å². The van der Waals surface area contributed by atoms with E-state index in [1.807, 2.05) is 12.1 Å². The minimum Gasteiger partial charge on any atom is -0.424 e. The smallest absolute Gasteiger partial charge is 0.312 e. The normalized spacial score (nSPS) is 20.8. The first kappa shape index (κ1) is 18.7. The Morgan fingerprint density at radius 1 is 1.17 bits per heavy atom. The minimum atomic E-state index is -0.381. The maximum atomic E-state index is 11.5. The van der Waals surface area contributed by atoms with E-state index in [-0.39, 0.29) is 25.2 Å². The molecule has 0 amide bonds. The van der Waals surface area contributed by atoms with Gasteiger partial charge in [-0.1, -0.05) is 6.07 Å². The fraction of sp³-hybridized carbons (Fsp3) is 0.588. The fourth-order valence-electron chi connectivity index (χ4n) is 2.57. The molecule has 0 saturated carbocycles. The number of nitrogen functional groups attached to an aromatic ring is 1. The Morgan fingerprint density at radius 2 is 1.92 bits per heavy atom. The molecule has 1 heterocycles. The third-order valence-corrected chi connectivity index (χ3v) is 3.93. The van der Waals surface area contributed by atoms with Crippen LogP contribution in [0.25, 0.3) is 0 Å². The lowest BCUT2D eigenvalue weighted by molar-refractivity contribution is -0.203. The molecule has 24 heavy (non-hydrogen) atoms. The third kappa shape index (κ3) is 5.76. The highest BCUT2D eigenvalue weighted by molar-refractivity contribution is 5.74. The van der Waals surface area contributed by atoms with E-state index in [1.165, 1.54) is 0 Å². The van der Waals surface area contributed by atoms with Crippen LogP contribution in [0.5, 0.6) is 5.75 Å². The van der Waals surface area contributed by atoms with E-state index in [4.69, 9.17) is 31.4 Å². The second-order valence-electron chi connectivity index (χ2n) is 5.96. The summed E-state index contributed by atoms with van der Waals surface area (Å²) in [7, 11) is 0. The first-order chi connectivity index (χ1) is 11.6. The minimum absolute atomic E-state index is 0.169. The number of hydrogen-bond donors (Lipinski definition) is 3. The van der Waals surface area contributed by atoms with Crippen molar-refractivity contribution in [1.82, 2.24) is 0 Å². The number of benzene rings is 1. The van der Waals surface area contributed by atoms with E-state index < -0.39 is 0 Å². The topological polar surface area (TPSA) is 123 Å². The van der Waals surface area contributed by atoms with Gasteiger partial charge in [-0.3, -0.25) is 4.79 Å². The number of ether oxygens (including phenoxy) is 3. The molecule has 0 bridgehead atoms. The predicted octanol–water partition coefficient (Wildman–Crippen LogP) is 0.794. The lowest BCUT2D eigenvalue weighted by atomic mass is 10.1. The van der Waals surface area contributed by atoms with Crippen molar-refractivity contribution in [2.45, 2.75) is 32.0 Å². The van der Waals surface area contributed by atoms with Gasteiger partial charge in [-0.2, -0.15) is 0 Å². The lowest BCUT2D eigenvalue weighted by Crippen LogP contribution is -2.33. The summed E-state index contributed by atoms with van der Waals surface area (Å²) >= 11 is 0. The van der Waals surface area contributed by atoms with Crippen molar-refractivity contribution < 1.29 is 19.0 Å². The van der Waals surface area contributed by atoms with Gasteiger partial charge < -0.3 is 31.4 Å². The zero-order valence-corrected chi connectivity index (χ0v) is 13.9. The molecule has 1 saturated heterocycles. The van der Waals surface area contributed by atoms with Gasteiger partial charge >= 0.3 is 5.97 Å². The summed E-state index contributed by atoms with van der Waals surface area (Å²) in [5.41, 5.74) is 18.3. The lowest BCUT2D eigenvalue weighted by Gasteiger charge is -2.29. The molecule has 1 aliphatic rings. The molecule has 0 radical (unpaired) electrons. The molecule has 1 aromatic rings. The zero-order valence-electron chi connectivity index (χ0n) is 13.9. The maximum Gasteiger partial charge on any atom is 0.312 e. The molecule has 0 atom stereocenters. The predicted molar refractivity (Wildman–Crippen MR) is 91.3 cm³/mol. The van der Waals surface area contributed by atoms with Crippen LogP contribution in [0.2, 0.25) is 0 Å². The molecule has 7 heteroatoms. The van der Waals surface area contributed by atoms with E-state index in [2.05, 4.69) is 0 Å². The van der Waals surface area contributed by atoms with Crippen molar-refractivity contribution in [2.24, 2.45) is 17.4 Å². The van der Waals surface area contributed by atoms with E-state index in [0.29, 0.717) is 37.1 Å². The first-order valence-corrected chi connectivity index (χ1v) is 8.34. The molecule has 2 rings (SSSR count). The molecule has 1 aliphatic heterocycles. The molecule has 6 N–H and O–H groups in total. The Morgan fingerprint density at radius 3 is 2.54 bits per heavy atom. The van der Waals surface area contributed by atoms with Crippen molar-refractivity contribution in [1.29, 1.82) is 0 Å². The second kappa shape index (κ2) is 9.58. The van der Waals surface area contributed by atoms with Crippen molar-refractivity contribution in [2.75, 3.05) is 32.0 Å². The van der Waals surface area contributed by atoms with Gasteiger partial charge in [-0.05, 0) is 37.1 Å². The van der Waals surface area contributed by atoms with Crippen LogP contribution in [0.15, 0.2) is 18.2 Å². The summed E-state index contributed by atoms with van der Waals surface area (Å²) in [5.74, 6) is 0.379. The summed E-state index contributed by atoms with van der Waals surface area (Å²) in [6.45, 7) is 2.30. The van der Waals surface area contributed by atoms with Gasteiger partial charge in [0, 0.05) is 18.9 Å². The highest BCUT2D eigenvalue weighted by Gasteiger charge is 2.21. The second-order valence-corrected chi connectivity index (χ2v) is 5.96. The largest absolute Gasteiger partial charge is 0.424 e. The van der Waals surface area contributed by atoms with Crippen LogP contribution < -0.4 is 21.9 Å². The van der Waals surface area contributed by atoms with Crippen molar-refractivity contribution >= 4 is 11.7 Å². The van der Waals surface area contributed by atoms with Crippen LogP contribution in [0, 0.1) is 5.92 Å². The van der Waals surface area contributed by atoms with Gasteiger partial charge in [0.15, 0.2) is 12.0 Å². The molecule has 0 spiro atoms. The molecule has 1 fully saturated rings. The first-order valence-electron chi connectivity index (χ1n) is 8.34. The summed E-state index contributed by atoms with van der Waals surface area (Å²) in [6, 6.07) is 5.41. The van der Waals surface area contributed by atoms with Crippen molar-refractivity contribution in [3.63, 3.8) is 0 Å². The van der Waals surface area contributed by atoms with Crippen LogP contribution in [0.4, 0.5) is 5.69 Å². The van der Waals surface area contributed by atoms with E-state index in [9.17, 15) is 4.79 Å². The Kier molecular flexibility index (Phi) is 7.45. The third-order valence-electron chi connectivity index (χ3n) is 3.93. The molecule has 0 aliphatic carbocycles. The monoisotopic (exact) mass is 337 g/mol. The molecular formula is C17H27N3O4. The quantitative estimate of drug-likeness (QED) is 0.364.